The predicted molar refractivity (Wildman–Crippen MR) is 53.3 cm³/mol. The first-order valence-corrected chi connectivity index (χ1v) is 4.36. The Bertz CT molecular complexity index is 450. The molecule has 0 aromatic heterocycles. The zero-order valence-corrected chi connectivity index (χ0v) is 7.85. The highest BCUT2D eigenvalue weighted by atomic mass is 35.5. The number of hydrogen-bond acceptors (Lipinski definition) is 3. The summed E-state index contributed by atoms with van der Waals surface area (Å²) < 4.78 is 0. The number of hydrogen-bond donors (Lipinski definition) is 2. The largest absolute Gasteiger partial charge is 0.373 e. The number of carbonyl (C=O) groups excluding carboxylic acids is 1. The molecule has 1 aliphatic heterocycles. The van der Waals surface area contributed by atoms with Gasteiger partial charge in [0.05, 0.1) is 28.5 Å². The molecule has 70 valence electrons. The van der Waals surface area contributed by atoms with E-state index in [-0.39, 0.29) is 12.5 Å². The van der Waals surface area contributed by atoms with E-state index in [1.807, 2.05) is 6.07 Å². The Morgan fingerprint density at radius 1 is 1.50 bits per heavy atom. The SMILES string of the molecule is N#Cc1c(Cl)ccc2c1NCC(=O)N2. The molecule has 14 heavy (non-hydrogen) atoms. The molecule has 0 saturated heterocycles. The van der Waals surface area contributed by atoms with Gasteiger partial charge >= 0.3 is 0 Å². The lowest BCUT2D eigenvalue weighted by Gasteiger charge is -2.19. The molecule has 4 nitrogen and oxygen atoms in total. The van der Waals surface area contributed by atoms with Gasteiger partial charge in [-0.15, -0.1) is 0 Å². The van der Waals surface area contributed by atoms with Crippen LogP contribution in [0.15, 0.2) is 12.1 Å². The van der Waals surface area contributed by atoms with Gasteiger partial charge in [0.1, 0.15) is 6.07 Å². The Morgan fingerprint density at radius 2 is 2.29 bits per heavy atom. The molecule has 1 aromatic carbocycles. The number of anilines is 2. The average molecular weight is 208 g/mol. The molecule has 1 amide bonds. The van der Waals surface area contributed by atoms with Crippen LogP contribution in [0.1, 0.15) is 5.56 Å². The molecule has 2 N–H and O–H groups in total. The van der Waals surface area contributed by atoms with Gasteiger partial charge in [-0.25, -0.2) is 0 Å². The maximum Gasteiger partial charge on any atom is 0.243 e. The van der Waals surface area contributed by atoms with Crippen molar-refractivity contribution in [3.63, 3.8) is 0 Å². The summed E-state index contributed by atoms with van der Waals surface area (Å²) in [5.74, 6) is -0.122. The van der Waals surface area contributed by atoms with Crippen molar-refractivity contribution in [2.75, 3.05) is 17.2 Å². The fourth-order valence-electron chi connectivity index (χ4n) is 1.34. The van der Waals surface area contributed by atoms with E-state index < -0.39 is 0 Å². The summed E-state index contributed by atoms with van der Waals surface area (Å²) >= 11 is 5.82. The first-order chi connectivity index (χ1) is 6.72. The lowest BCUT2D eigenvalue weighted by Crippen LogP contribution is -2.27. The van der Waals surface area contributed by atoms with Gasteiger partial charge in [-0.1, -0.05) is 11.6 Å². The van der Waals surface area contributed by atoms with E-state index in [1.165, 1.54) is 0 Å². The molecule has 0 unspecified atom stereocenters. The number of nitriles is 1. The van der Waals surface area contributed by atoms with Crippen LogP contribution in [0, 0.1) is 11.3 Å². The van der Waals surface area contributed by atoms with Crippen molar-refractivity contribution in [1.29, 1.82) is 5.26 Å². The number of rotatable bonds is 0. The third-order valence-corrected chi connectivity index (χ3v) is 2.28. The summed E-state index contributed by atoms with van der Waals surface area (Å²) in [5.41, 5.74) is 1.56. The van der Waals surface area contributed by atoms with Gasteiger partial charge in [0, 0.05) is 0 Å². The van der Waals surface area contributed by atoms with Gasteiger partial charge in [0.15, 0.2) is 0 Å². The summed E-state index contributed by atoms with van der Waals surface area (Å²) in [6, 6.07) is 5.25. The zero-order chi connectivity index (χ0) is 10.1. The summed E-state index contributed by atoms with van der Waals surface area (Å²) in [7, 11) is 0. The van der Waals surface area contributed by atoms with Crippen LogP contribution in [0.2, 0.25) is 5.02 Å². The van der Waals surface area contributed by atoms with Gasteiger partial charge in [-0.3, -0.25) is 4.79 Å². The van der Waals surface area contributed by atoms with Crippen molar-refractivity contribution >= 4 is 28.9 Å². The fourth-order valence-corrected chi connectivity index (χ4v) is 1.54. The van der Waals surface area contributed by atoms with Crippen LogP contribution >= 0.6 is 11.6 Å². The average Bonchev–Trinajstić information content (AvgIpc) is 2.18. The van der Waals surface area contributed by atoms with Gasteiger partial charge in [0.2, 0.25) is 5.91 Å². The van der Waals surface area contributed by atoms with Crippen LogP contribution in [0.25, 0.3) is 0 Å². The van der Waals surface area contributed by atoms with E-state index in [1.54, 1.807) is 12.1 Å². The van der Waals surface area contributed by atoms with Crippen molar-refractivity contribution in [3.8, 4) is 6.07 Å². The molecular formula is C9H6ClN3O. The van der Waals surface area contributed by atoms with E-state index in [2.05, 4.69) is 10.6 Å². The van der Waals surface area contributed by atoms with E-state index in [0.717, 1.165) is 0 Å². The van der Waals surface area contributed by atoms with Crippen LogP contribution in [-0.2, 0) is 4.79 Å². The van der Waals surface area contributed by atoms with Crippen molar-refractivity contribution in [3.05, 3.63) is 22.7 Å². The van der Waals surface area contributed by atoms with Crippen molar-refractivity contribution < 1.29 is 4.79 Å². The summed E-state index contributed by atoms with van der Waals surface area (Å²) in [6.45, 7) is 0.169. The fraction of sp³-hybridized carbons (Fsp3) is 0.111. The number of amides is 1. The number of carbonyl (C=O) groups is 1. The maximum atomic E-state index is 11.0. The molecule has 5 heteroatoms. The van der Waals surface area contributed by atoms with E-state index >= 15 is 0 Å². The number of fused-ring (bicyclic) bond motifs is 1. The predicted octanol–water partition coefficient (Wildman–Crippen LogP) is 1.58. The zero-order valence-electron chi connectivity index (χ0n) is 7.10. The highest BCUT2D eigenvalue weighted by Gasteiger charge is 2.18. The lowest BCUT2D eigenvalue weighted by atomic mass is 10.1. The van der Waals surface area contributed by atoms with Gasteiger partial charge in [-0.2, -0.15) is 5.26 Å². The highest BCUT2D eigenvalue weighted by molar-refractivity contribution is 6.32. The third-order valence-electron chi connectivity index (χ3n) is 1.97. The maximum absolute atomic E-state index is 11.0. The molecule has 0 radical (unpaired) electrons. The Morgan fingerprint density at radius 3 is 3.00 bits per heavy atom. The molecule has 0 saturated carbocycles. The second-order valence-electron chi connectivity index (χ2n) is 2.86. The minimum Gasteiger partial charge on any atom is -0.373 e. The minimum absolute atomic E-state index is 0.122. The van der Waals surface area contributed by atoms with Crippen LogP contribution in [0.5, 0.6) is 0 Å². The van der Waals surface area contributed by atoms with Gasteiger partial charge in [-0.05, 0) is 12.1 Å². The standard InChI is InChI=1S/C9H6ClN3O/c10-6-1-2-7-9(5(6)3-11)12-4-8(14)13-7/h1-2,12H,4H2,(H,13,14). The van der Waals surface area contributed by atoms with Crippen molar-refractivity contribution in [2.45, 2.75) is 0 Å². The van der Waals surface area contributed by atoms with Crippen molar-refractivity contribution in [2.24, 2.45) is 0 Å². The molecule has 2 rings (SSSR count). The Balaban J connectivity index is 2.59. The first kappa shape index (κ1) is 8.85. The molecule has 0 fully saturated rings. The topological polar surface area (TPSA) is 64.9 Å². The van der Waals surface area contributed by atoms with Crippen LogP contribution in [0.4, 0.5) is 11.4 Å². The Hall–Kier alpha value is -1.73. The van der Waals surface area contributed by atoms with Crippen molar-refractivity contribution in [1.82, 2.24) is 0 Å². The smallest absolute Gasteiger partial charge is 0.243 e. The third kappa shape index (κ3) is 1.28. The molecule has 0 aliphatic carbocycles. The quantitative estimate of drug-likeness (QED) is 0.679. The number of nitrogens with zero attached hydrogens (tertiary/aromatic N) is 1. The molecular weight excluding hydrogens is 202 g/mol. The first-order valence-electron chi connectivity index (χ1n) is 3.98. The number of nitrogens with one attached hydrogen (secondary N) is 2. The lowest BCUT2D eigenvalue weighted by molar-refractivity contribution is -0.114. The van der Waals surface area contributed by atoms with E-state index in [9.17, 15) is 4.79 Å². The second-order valence-corrected chi connectivity index (χ2v) is 3.27. The van der Waals surface area contributed by atoms with Crippen LogP contribution < -0.4 is 10.6 Å². The van der Waals surface area contributed by atoms with Gasteiger partial charge < -0.3 is 10.6 Å². The highest BCUT2D eigenvalue weighted by Crippen LogP contribution is 2.32. The monoisotopic (exact) mass is 207 g/mol. The normalized spacial score (nSPS) is 13.6. The van der Waals surface area contributed by atoms with Crippen LogP contribution in [0.3, 0.4) is 0 Å². The molecule has 0 bridgehead atoms. The second kappa shape index (κ2) is 3.20. The number of halogens is 1. The minimum atomic E-state index is -0.122. The summed E-state index contributed by atoms with van der Waals surface area (Å²) in [4.78, 5) is 11.0. The van der Waals surface area contributed by atoms with E-state index in [0.29, 0.717) is 22.0 Å². The summed E-state index contributed by atoms with van der Waals surface area (Å²) in [6.07, 6.45) is 0. The number of benzene rings is 1. The molecule has 0 atom stereocenters. The summed E-state index contributed by atoms with van der Waals surface area (Å²) in [5, 5.41) is 14.7. The van der Waals surface area contributed by atoms with Gasteiger partial charge in [0.25, 0.3) is 0 Å². The Labute approximate surface area is 85.5 Å². The molecule has 0 spiro atoms. The van der Waals surface area contributed by atoms with Crippen LogP contribution in [-0.4, -0.2) is 12.5 Å². The molecule has 1 heterocycles. The van der Waals surface area contributed by atoms with E-state index in [4.69, 9.17) is 16.9 Å². The molecule has 1 aromatic rings. The molecule has 1 aliphatic rings. The Kier molecular flexibility index (Phi) is 2.02.